The molecule has 27 heavy (non-hydrogen) atoms. The van der Waals surface area contributed by atoms with E-state index in [1.165, 1.54) is 4.31 Å². The molecule has 1 aliphatic rings. The third-order valence-corrected chi connectivity index (χ3v) is 6.95. The van der Waals surface area contributed by atoms with Crippen molar-refractivity contribution < 1.29 is 13.2 Å². The van der Waals surface area contributed by atoms with Crippen molar-refractivity contribution in [2.75, 3.05) is 32.7 Å². The van der Waals surface area contributed by atoms with Gasteiger partial charge in [-0.05, 0) is 31.0 Å². The second-order valence-corrected chi connectivity index (χ2v) is 8.90. The SMILES string of the molecule is CCc1ccc(S(=O)(=O)N2CCN(CC(=O)c3ccc(C)cc3)CC2)cc1. The molecule has 1 saturated heterocycles. The number of sulfonamides is 1. The maximum atomic E-state index is 12.8. The number of hydrogen-bond donors (Lipinski definition) is 0. The highest BCUT2D eigenvalue weighted by molar-refractivity contribution is 7.89. The third-order valence-electron chi connectivity index (χ3n) is 5.04. The number of nitrogens with zero attached hydrogens (tertiary/aromatic N) is 2. The molecule has 2 aromatic carbocycles. The fourth-order valence-electron chi connectivity index (χ4n) is 3.21. The van der Waals surface area contributed by atoms with Crippen molar-refractivity contribution in [3.8, 4) is 0 Å². The third kappa shape index (κ3) is 4.64. The fourth-order valence-corrected chi connectivity index (χ4v) is 4.63. The number of rotatable bonds is 6. The van der Waals surface area contributed by atoms with Gasteiger partial charge in [0.15, 0.2) is 5.78 Å². The Kier molecular flexibility index (Phi) is 6.09. The second-order valence-electron chi connectivity index (χ2n) is 6.97. The van der Waals surface area contributed by atoms with Gasteiger partial charge >= 0.3 is 0 Å². The highest BCUT2D eigenvalue weighted by atomic mass is 32.2. The fraction of sp³-hybridized carbons (Fsp3) is 0.381. The molecule has 0 atom stereocenters. The zero-order valence-electron chi connectivity index (χ0n) is 15.9. The van der Waals surface area contributed by atoms with E-state index in [9.17, 15) is 13.2 Å². The van der Waals surface area contributed by atoms with Crippen LogP contribution in [-0.4, -0.2) is 56.1 Å². The lowest BCUT2D eigenvalue weighted by atomic mass is 10.1. The largest absolute Gasteiger partial charge is 0.293 e. The van der Waals surface area contributed by atoms with Crippen molar-refractivity contribution in [2.24, 2.45) is 0 Å². The van der Waals surface area contributed by atoms with E-state index in [4.69, 9.17) is 0 Å². The van der Waals surface area contributed by atoms with Gasteiger partial charge in [-0.3, -0.25) is 9.69 Å². The summed E-state index contributed by atoms with van der Waals surface area (Å²) in [7, 11) is -3.47. The Labute approximate surface area is 161 Å². The van der Waals surface area contributed by atoms with Crippen LogP contribution in [0, 0.1) is 6.92 Å². The number of aryl methyl sites for hydroxylation is 2. The number of carbonyl (C=O) groups excluding carboxylic acids is 1. The maximum absolute atomic E-state index is 12.8. The zero-order valence-corrected chi connectivity index (χ0v) is 16.7. The molecular weight excluding hydrogens is 360 g/mol. The predicted octanol–water partition coefficient (Wildman–Crippen LogP) is 2.75. The minimum absolute atomic E-state index is 0.0708. The molecule has 5 nitrogen and oxygen atoms in total. The number of piperazine rings is 1. The molecule has 0 N–H and O–H groups in total. The molecule has 0 spiro atoms. The summed E-state index contributed by atoms with van der Waals surface area (Å²) < 4.78 is 27.1. The molecule has 0 aromatic heterocycles. The van der Waals surface area contributed by atoms with Crippen LogP contribution in [0.25, 0.3) is 0 Å². The van der Waals surface area contributed by atoms with Gasteiger partial charge < -0.3 is 0 Å². The van der Waals surface area contributed by atoms with Crippen LogP contribution in [-0.2, 0) is 16.4 Å². The molecular formula is C21H26N2O3S. The first-order valence-corrected chi connectivity index (χ1v) is 10.8. The van der Waals surface area contributed by atoms with E-state index < -0.39 is 10.0 Å². The molecule has 1 heterocycles. The Hall–Kier alpha value is -2.02. The summed E-state index contributed by atoms with van der Waals surface area (Å²) in [5.74, 6) is 0.0708. The van der Waals surface area contributed by atoms with E-state index in [1.807, 2.05) is 55.1 Å². The lowest BCUT2D eigenvalue weighted by molar-refractivity contribution is 0.0901. The number of carbonyl (C=O) groups is 1. The lowest BCUT2D eigenvalue weighted by Gasteiger charge is -2.33. The van der Waals surface area contributed by atoms with E-state index in [1.54, 1.807) is 12.1 Å². The molecule has 1 aliphatic heterocycles. The molecule has 0 radical (unpaired) electrons. The van der Waals surface area contributed by atoms with Crippen molar-refractivity contribution in [2.45, 2.75) is 25.2 Å². The molecule has 0 aliphatic carbocycles. The quantitative estimate of drug-likeness (QED) is 0.717. The minimum atomic E-state index is -3.47. The highest BCUT2D eigenvalue weighted by Gasteiger charge is 2.29. The van der Waals surface area contributed by atoms with Crippen molar-refractivity contribution in [1.82, 2.24) is 9.21 Å². The van der Waals surface area contributed by atoms with Crippen molar-refractivity contribution in [3.63, 3.8) is 0 Å². The first-order chi connectivity index (χ1) is 12.9. The molecule has 144 valence electrons. The Bertz CT molecular complexity index is 882. The normalized spacial score (nSPS) is 16.4. The summed E-state index contributed by atoms with van der Waals surface area (Å²) in [6.07, 6.45) is 0.883. The Morgan fingerprint density at radius 1 is 0.926 bits per heavy atom. The van der Waals surface area contributed by atoms with Gasteiger partial charge in [0, 0.05) is 31.7 Å². The Morgan fingerprint density at radius 2 is 1.52 bits per heavy atom. The molecule has 0 saturated carbocycles. The summed E-state index contributed by atoms with van der Waals surface area (Å²) in [5.41, 5.74) is 2.94. The Morgan fingerprint density at radius 3 is 2.07 bits per heavy atom. The average Bonchev–Trinajstić information content (AvgIpc) is 2.69. The van der Waals surface area contributed by atoms with Crippen molar-refractivity contribution >= 4 is 15.8 Å². The van der Waals surface area contributed by atoms with Crippen LogP contribution in [0.4, 0.5) is 0 Å². The first-order valence-electron chi connectivity index (χ1n) is 9.31. The van der Waals surface area contributed by atoms with E-state index in [0.717, 1.165) is 17.5 Å². The van der Waals surface area contributed by atoms with Crippen LogP contribution in [0.1, 0.15) is 28.4 Å². The molecule has 2 aromatic rings. The van der Waals surface area contributed by atoms with Gasteiger partial charge in [-0.2, -0.15) is 4.31 Å². The molecule has 1 fully saturated rings. The van der Waals surface area contributed by atoms with Gasteiger partial charge in [0.25, 0.3) is 0 Å². The summed E-state index contributed by atoms with van der Waals surface area (Å²) >= 11 is 0. The van der Waals surface area contributed by atoms with E-state index in [0.29, 0.717) is 43.2 Å². The van der Waals surface area contributed by atoms with E-state index in [-0.39, 0.29) is 5.78 Å². The molecule has 6 heteroatoms. The zero-order chi connectivity index (χ0) is 19.4. The topological polar surface area (TPSA) is 57.7 Å². The second kappa shape index (κ2) is 8.33. The van der Waals surface area contributed by atoms with Crippen LogP contribution in [0.2, 0.25) is 0 Å². The molecule has 0 unspecified atom stereocenters. The van der Waals surface area contributed by atoms with Gasteiger partial charge in [-0.25, -0.2) is 8.42 Å². The molecule has 3 rings (SSSR count). The van der Waals surface area contributed by atoms with E-state index >= 15 is 0 Å². The number of benzene rings is 2. The van der Waals surface area contributed by atoms with E-state index in [2.05, 4.69) is 0 Å². The number of hydrogen-bond acceptors (Lipinski definition) is 4. The summed E-state index contributed by atoms with van der Waals surface area (Å²) in [5, 5.41) is 0. The van der Waals surface area contributed by atoms with Crippen LogP contribution in [0.5, 0.6) is 0 Å². The lowest BCUT2D eigenvalue weighted by Crippen LogP contribution is -2.49. The van der Waals surface area contributed by atoms with Crippen molar-refractivity contribution in [3.05, 3.63) is 65.2 Å². The summed E-state index contributed by atoms with van der Waals surface area (Å²) in [6.45, 7) is 6.28. The highest BCUT2D eigenvalue weighted by Crippen LogP contribution is 2.19. The Balaban J connectivity index is 1.59. The molecule has 0 amide bonds. The van der Waals surface area contributed by atoms with Crippen LogP contribution < -0.4 is 0 Å². The predicted molar refractivity (Wildman–Crippen MR) is 107 cm³/mol. The smallest absolute Gasteiger partial charge is 0.243 e. The number of ketones is 1. The number of Topliss-reactive ketones (excluding diaryl/α,β-unsaturated/α-hetero) is 1. The summed E-state index contributed by atoms with van der Waals surface area (Å²) in [4.78, 5) is 14.8. The van der Waals surface area contributed by atoms with Gasteiger partial charge in [-0.15, -0.1) is 0 Å². The maximum Gasteiger partial charge on any atom is 0.243 e. The molecule has 0 bridgehead atoms. The first kappa shape index (κ1) is 19.7. The van der Waals surface area contributed by atoms with Gasteiger partial charge in [0.05, 0.1) is 11.4 Å². The van der Waals surface area contributed by atoms with Crippen LogP contribution in [0.3, 0.4) is 0 Å². The monoisotopic (exact) mass is 386 g/mol. The van der Waals surface area contributed by atoms with Crippen LogP contribution >= 0.6 is 0 Å². The van der Waals surface area contributed by atoms with Gasteiger partial charge in [-0.1, -0.05) is 48.9 Å². The minimum Gasteiger partial charge on any atom is -0.293 e. The standard InChI is InChI=1S/C21H26N2O3S/c1-3-18-6-10-20(11-7-18)27(25,26)23-14-12-22(13-15-23)16-21(24)19-8-4-17(2)5-9-19/h4-11H,3,12-16H2,1-2H3. The average molecular weight is 387 g/mol. The van der Waals surface area contributed by atoms with Gasteiger partial charge in [0.2, 0.25) is 10.0 Å². The van der Waals surface area contributed by atoms with Crippen LogP contribution in [0.15, 0.2) is 53.4 Å². The van der Waals surface area contributed by atoms with Crippen molar-refractivity contribution in [1.29, 1.82) is 0 Å². The van der Waals surface area contributed by atoms with Gasteiger partial charge in [0.1, 0.15) is 0 Å². The summed E-state index contributed by atoms with van der Waals surface area (Å²) in [6, 6.07) is 14.6.